The zero-order chi connectivity index (χ0) is 13.1. The van der Waals surface area contributed by atoms with Gasteiger partial charge >= 0.3 is 5.97 Å². The lowest BCUT2D eigenvalue weighted by Gasteiger charge is -2.05. The van der Waals surface area contributed by atoms with Crippen LogP contribution < -0.4 is 0 Å². The van der Waals surface area contributed by atoms with Crippen LogP contribution in [0.25, 0.3) is 0 Å². The number of carboxylic acids is 1. The fourth-order valence-electron chi connectivity index (χ4n) is 1.68. The summed E-state index contributed by atoms with van der Waals surface area (Å²) in [5.74, 6) is -1.18. The Labute approximate surface area is 102 Å². The lowest BCUT2D eigenvalue weighted by molar-refractivity contribution is -0.384. The van der Waals surface area contributed by atoms with Gasteiger partial charge in [-0.2, -0.15) is 0 Å². The summed E-state index contributed by atoms with van der Waals surface area (Å²) in [5, 5.41) is 19.6. The van der Waals surface area contributed by atoms with Crippen molar-refractivity contribution < 1.29 is 14.8 Å². The molecule has 0 saturated carbocycles. The maximum absolute atomic E-state index is 11.0. The largest absolute Gasteiger partial charge is 0.477 e. The van der Waals surface area contributed by atoms with Gasteiger partial charge in [0.15, 0.2) is 0 Å². The molecule has 1 aromatic carbocycles. The summed E-state index contributed by atoms with van der Waals surface area (Å²) >= 11 is 0. The van der Waals surface area contributed by atoms with E-state index in [1.165, 1.54) is 10.8 Å². The predicted octanol–water partition coefficient (Wildman–Crippen LogP) is 2.14. The SMILES string of the molecule is O=C(O)c1cc([N+](=O)[O-])cn1Cc1ccccc1. The van der Waals surface area contributed by atoms with Gasteiger partial charge in [0.1, 0.15) is 5.69 Å². The minimum absolute atomic E-state index is 0.0921. The van der Waals surface area contributed by atoms with Crippen molar-refractivity contribution in [1.29, 1.82) is 0 Å². The number of hydrogen-bond acceptors (Lipinski definition) is 3. The molecule has 0 aliphatic rings. The van der Waals surface area contributed by atoms with Gasteiger partial charge in [0, 0.05) is 12.6 Å². The van der Waals surface area contributed by atoms with Crippen molar-refractivity contribution in [3.8, 4) is 0 Å². The first-order chi connectivity index (χ1) is 8.58. The Morgan fingerprint density at radius 1 is 1.33 bits per heavy atom. The molecule has 0 amide bonds. The highest BCUT2D eigenvalue weighted by Gasteiger charge is 2.18. The highest BCUT2D eigenvalue weighted by Crippen LogP contribution is 2.18. The summed E-state index contributed by atoms with van der Waals surface area (Å²) < 4.78 is 1.36. The van der Waals surface area contributed by atoms with Gasteiger partial charge < -0.3 is 9.67 Å². The van der Waals surface area contributed by atoms with Crippen molar-refractivity contribution >= 4 is 11.7 Å². The van der Waals surface area contributed by atoms with E-state index in [-0.39, 0.29) is 17.9 Å². The molecule has 0 spiro atoms. The molecule has 0 saturated heterocycles. The molecule has 0 fully saturated rings. The number of aromatic carboxylic acids is 1. The third-order valence-corrected chi connectivity index (χ3v) is 2.51. The second kappa shape index (κ2) is 4.70. The van der Waals surface area contributed by atoms with Crippen LogP contribution in [0, 0.1) is 10.1 Å². The van der Waals surface area contributed by atoms with Crippen LogP contribution in [0.1, 0.15) is 16.1 Å². The molecule has 92 valence electrons. The molecule has 1 heterocycles. The third-order valence-electron chi connectivity index (χ3n) is 2.51. The van der Waals surface area contributed by atoms with Crippen LogP contribution in [-0.4, -0.2) is 20.6 Å². The number of benzene rings is 1. The maximum Gasteiger partial charge on any atom is 0.352 e. The zero-order valence-corrected chi connectivity index (χ0v) is 9.31. The Bertz CT molecular complexity index is 589. The minimum atomic E-state index is -1.18. The molecular formula is C12H10N2O4. The standard InChI is InChI=1S/C12H10N2O4/c15-12(16)11-6-10(14(17)18)8-13(11)7-9-4-2-1-3-5-9/h1-6,8H,7H2,(H,15,16). The van der Waals surface area contributed by atoms with Gasteiger partial charge in [-0.05, 0) is 5.56 Å². The third kappa shape index (κ3) is 2.37. The van der Waals surface area contributed by atoms with E-state index in [4.69, 9.17) is 5.11 Å². The van der Waals surface area contributed by atoms with Gasteiger partial charge in [-0.25, -0.2) is 4.79 Å². The fourth-order valence-corrected chi connectivity index (χ4v) is 1.68. The van der Waals surface area contributed by atoms with Crippen LogP contribution in [0.3, 0.4) is 0 Å². The van der Waals surface area contributed by atoms with Crippen LogP contribution in [0.4, 0.5) is 5.69 Å². The molecule has 18 heavy (non-hydrogen) atoms. The quantitative estimate of drug-likeness (QED) is 0.661. The Morgan fingerprint density at radius 3 is 2.56 bits per heavy atom. The van der Waals surface area contributed by atoms with E-state index in [0.29, 0.717) is 0 Å². The fraction of sp³-hybridized carbons (Fsp3) is 0.0833. The monoisotopic (exact) mass is 246 g/mol. The molecule has 6 nitrogen and oxygen atoms in total. The number of nitrogens with zero attached hydrogens (tertiary/aromatic N) is 2. The van der Waals surface area contributed by atoms with Gasteiger partial charge in [0.05, 0.1) is 11.1 Å². The van der Waals surface area contributed by atoms with Crippen LogP contribution in [0.15, 0.2) is 42.6 Å². The highest BCUT2D eigenvalue weighted by atomic mass is 16.6. The van der Waals surface area contributed by atoms with Gasteiger partial charge in [-0.15, -0.1) is 0 Å². The normalized spacial score (nSPS) is 10.2. The van der Waals surface area contributed by atoms with Crippen LogP contribution in [-0.2, 0) is 6.54 Å². The Balaban J connectivity index is 2.37. The molecule has 0 atom stereocenters. The molecular weight excluding hydrogens is 236 g/mol. The Morgan fingerprint density at radius 2 is 2.00 bits per heavy atom. The topological polar surface area (TPSA) is 85.4 Å². The van der Waals surface area contributed by atoms with E-state index in [2.05, 4.69) is 0 Å². The summed E-state index contributed by atoms with van der Waals surface area (Å²) in [7, 11) is 0. The lowest BCUT2D eigenvalue weighted by Crippen LogP contribution is -2.08. The van der Waals surface area contributed by atoms with E-state index in [0.717, 1.165) is 11.6 Å². The Kier molecular flexibility index (Phi) is 3.09. The zero-order valence-electron chi connectivity index (χ0n) is 9.31. The van der Waals surface area contributed by atoms with E-state index < -0.39 is 10.9 Å². The summed E-state index contributed by atoms with van der Waals surface area (Å²) in [6, 6.07) is 10.2. The molecule has 1 aromatic heterocycles. The van der Waals surface area contributed by atoms with Crippen molar-refractivity contribution in [2.45, 2.75) is 6.54 Å². The average Bonchev–Trinajstić information content (AvgIpc) is 2.74. The number of rotatable bonds is 4. The second-order valence-corrected chi connectivity index (χ2v) is 3.76. The molecule has 0 unspecified atom stereocenters. The first-order valence-electron chi connectivity index (χ1n) is 5.19. The molecule has 2 rings (SSSR count). The molecule has 2 aromatic rings. The van der Waals surface area contributed by atoms with Gasteiger partial charge in [0.25, 0.3) is 5.69 Å². The van der Waals surface area contributed by atoms with Crippen LogP contribution in [0.2, 0.25) is 0 Å². The summed E-state index contributed by atoms with van der Waals surface area (Å²) in [6.07, 6.45) is 1.23. The number of aromatic nitrogens is 1. The Hall–Kier alpha value is -2.63. The number of carboxylic acid groups (broad SMARTS) is 1. The minimum Gasteiger partial charge on any atom is -0.477 e. The first-order valence-corrected chi connectivity index (χ1v) is 5.19. The predicted molar refractivity (Wildman–Crippen MR) is 63.6 cm³/mol. The van der Waals surface area contributed by atoms with Gasteiger partial charge in [-0.1, -0.05) is 30.3 Å². The summed E-state index contributed by atoms with van der Waals surface area (Å²) in [5.41, 5.74) is 0.569. The maximum atomic E-state index is 11.0. The van der Waals surface area contributed by atoms with Crippen molar-refractivity contribution in [2.75, 3.05) is 0 Å². The molecule has 0 bridgehead atoms. The molecule has 0 aliphatic heterocycles. The molecule has 0 aliphatic carbocycles. The van der Waals surface area contributed by atoms with E-state index in [9.17, 15) is 14.9 Å². The highest BCUT2D eigenvalue weighted by molar-refractivity contribution is 5.86. The smallest absolute Gasteiger partial charge is 0.352 e. The van der Waals surface area contributed by atoms with E-state index in [1.807, 2.05) is 30.3 Å². The number of hydrogen-bond donors (Lipinski definition) is 1. The average molecular weight is 246 g/mol. The van der Waals surface area contributed by atoms with E-state index >= 15 is 0 Å². The summed E-state index contributed by atoms with van der Waals surface area (Å²) in [6.45, 7) is 0.288. The molecule has 6 heteroatoms. The van der Waals surface area contributed by atoms with Gasteiger partial charge in [0.2, 0.25) is 0 Å². The molecule has 0 radical (unpaired) electrons. The van der Waals surface area contributed by atoms with Crippen molar-refractivity contribution in [3.05, 3.63) is 64.0 Å². The lowest BCUT2D eigenvalue weighted by atomic mass is 10.2. The first kappa shape index (κ1) is 11.8. The van der Waals surface area contributed by atoms with E-state index in [1.54, 1.807) is 0 Å². The van der Waals surface area contributed by atoms with Crippen molar-refractivity contribution in [1.82, 2.24) is 4.57 Å². The van der Waals surface area contributed by atoms with Crippen LogP contribution in [0.5, 0.6) is 0 Å². The van der Waals surface area contributed by atoms with Crippen molar-refractivity contribution in [2.24, 2.45) is 0 Å². The summed E-state index contributed by atoms with van der Waals surface area (Å²) in [4.78, 5) is 21.0. The van der Waals surface area contributed by atoms with Crippen molar-refractivity contribution in [3.63, 3.8) is 0 Å². The number of nitro groups is 1. The molecule has 1 N–H and O–H groups in total. The van der Waals surface area contributed by atoms with Gasteiger partial charge in [-0.3, -0.25) is 10.1 Å². The van der Waals surface area contributed by atoms with Crippen LogP contribution >= 0.6 is 0 Å². The second-order valence-electron chi connectivity index (χ2n) is 3.76. The number of carbonyl (C=O) groups is 1.